The van der Waals surface area contributed by atoms with Crippen molar-refractivity contribution in [2.24, 2.45) is 5.92 Å². The second-order valence-corrected chi connectivity index (χ2v) is 11.5. The van der Waals surface area contributed by atoms with Crippen molar-refractivity contribution in [3.05, 3.63) is 28.9 Å². The monoisotopic (exact) mass is 538 g/mol. The van der Waals surface area contributed by atoms with Gasteiger partial charge in [-0.1, -0.05) is 11.6 Å². The van der Waals surface area contributed by atoms with Crippen molar-refractivity contribution in [3.8, 4) is 6.07 Å². The number of aromatic nitrogens is 2. The first-order chi connectivity index (χ1) is 18.5. The third-order valence-electron chi connectivity index (χ3n) is 8.33. The van der Waals surface area contributed by atoms with Crippen molar-refractivity contribution >= 4 is 40.6 Å². The smallest absolute Gasteiger partial charge is 0.225 e. The van der Waals surface area contributed by atoms with Crippen LogP contribution in [-0.4, -0.2) is 88.2 Å². The molecule has 4 N–H and O–H groups in total. The number of anilines is 4. The molecule has 38 heavy (non-hydrogen) atoms. The van der Waals surface area contributed by atoms with Crippen molar-refractivity contribution in [1.82, 2.24) is 19.8 Å². The van der Waals surface area contributed by atoms with Crippen LogP contribution in [-0.2, 0) is 4.79 Å². The number of imidazole rings is 1. The third-order valence-corrected chi connectivity index (χ3v) is 8.73. The van der Waals surface area contributed by atoms with Crippen molar-refractivity contribution in [3.63, 3.8) is 0 Å². The SMILES string of the molecule is N#Cc1cc(Nc2nc(NC3CC3)c[nH]2)c(Cl)c(N2CCN(C3CN(C(=O)C4CCC(O)CC4)C3)CC2)c1. The van der Waals surface area contributed by atoms with Gasteiger partial charge in [0, 0.05) is 63.5 Å². The van der Waals surface area contributed by atoms with Gasteiger partial charge in [-0.15, -0.1) is 0 Å². The molecule has 11 heteroatoms. The first-order valence-electron chi connectivity index (χ1n) is 13.8. The molecule has 202 valence electrons. The molecule has 4 fully saturated rings. The van der Waals surface area contributed by atoms with Crippen LogP contribution < -0.4 is 15.5 Å². The molecule has 3 heterocycles. The molecule has 2 aliphatic carbocycles. The molecule has 0 atom stereocenters. The van der Waals surface area contributed by atoms with Crippen LogP contribution in [0, 0.1) is 17.2 Å². The number of piperazine rings is 1. The molecule has 6 rings (SSSR count). The number of benzene rings is 1. The Morgan fingerprint density at radius 2 is 1.84 bits per heavy atom. The molecule has 1 aromatic heterocycles. The van der Waals surface area contributed by atoms with Gasteiger partial charge in [-0.25, -0.2) is 0 Å². The van der Waals surface area contributed by atoms with E-state index in [1.807, 2.05) is 17.2 Å². The zero-order valence-electron chi connectivity index (χ0n) is 21.5. The van der Waals surface area contributed by atoms with Gasteiger partial charge in [-0.05, 0) is 50.7 Å². The van der Waals surface area contributed by atoms with Crippen LogP contribution in [0.15, 0.2) is 18.3 Å². The highest BCUT2D eigenvalue weighted by Gasteiger charge is 2.39. The molecule has 2 saturated heterocycles. The summed E-state index contributed by atoms with van der Waals surface area (Å²) >= 11 is 6.85. The molecule has 4 aliphatic rings. The number of nitrogens with zero attached hydrogens (tertiary/aromatic N) is 5. The van der Waals surface area contributed by atoms with Gasteiger partial charge in [0.2, 0.25) is 11.9 Å². The summed E-state index contributed by atoms with van der Waals surface area (Å²) in [5, 5.41) is 26.6. The average Bonchev–Trinajstić information content (AvgIpc) is 3.61. The predicted octanol–water partition coefficient (Wildman–Crippen LogP) is 3.14. The fourth-order valence-electron chi connectivity index (χ4n) is 5.79. The Balaban J connectivity index is 1.05. The Morgan fingerprint density at radius 3 is 2.53 bits per heavy atom. The lowest BCUT2D eigenvalue weighted by molar-refractivity contribution is -0.145. The number of hydrogen-bond donors (Lipinski definition) is 4. The summed E-state index contributed by atoms with van der Waals surface area (Å²) in [4.78, 5) is 27.2. The van der Waals surface area contributed by atoms with E-state index in [1.54, 1.807) is 6.07 Å². The first kappa shape index (κ1) is 25.3. The van der Waals surface area contributed by atoms with Crippen LogP contribution in [0.25, 0.3) is 0 Å². The van der Waals surface area contributed by atoms with E-state index in [0.717, 1.165) is 76.5 Å². The highest BCUT2D eigenvalue weighted by molar-refractivity contribution is 6.36. The lowest BCUT2D eigenvalue weighted by Gasteiger charge is -2.49. The van der Waals surface area contributed by atoms with Crippen molar-refractivity contribution in [1.29, 1.82) is 5.26 Å². The largest absolute Gasteiger partial charge is 0.393 e. The Labute approximate surface area is 227 Å². The van der Waals surface area contributed by atoms with E-state index < -0.39 is 0 Å². The zero-order valence-corrected chi connectivity index (χ0v) is 22.3. The molecule has 2 aliphatic heterocycles. The fourth-order valence-corrected chi connectivity index (χ4v) is 6.07. The van der Waals surface area contributed by atoms with Gasteiger partial charge in [0.25, 0.3) is 0 Å². The van der Waals surface area contributed by atoms with Crippen LogP contribution in [0.1, 0.15) is 44.1 Å². The number of nitriles is 1. The molecule has 2 aromatic rings. The van der Waals surface area contributed by atoms with E-state index in [4.69, 9.17) is 11.6 Å². The number of halogens is 1. The number of aliphatic hydroxyl groups is 1. The summed E-state index contributed by atoms with van der Waals surface area (Å²) in [6.45, 7) is 4.94. The number of H-pyrrole nitrogens is 1. The zero-order chi connectivity index (χ0) is 26.2. The summed E-state index contributed by atoms with van der Waals surface area (Å²) in [7, 11) is 0. The number of rotatable bonds is 7. The maximum Gasteiger partial charge on any atom is 0.225 e. The van der Waals surface area contributed by atoms with E-state index in [0.29, 0.717) is 34.3 Å². The second-order valence-electron chi connectivity index (χ2n) is 11.1. The molecule has 10 nitrogen and oxygen atoms in total. The minimum absolute atomic E-state index is 0.0794. The standard InChI is InChI=1S/C27H35ClN8O2/c28-25-22(32-27-30-14-24(33-27)31-19-3-4-19)11-17(13-29)12-23(25)35-9-7-34(8-10-35)20-15-36(16-20)26(38)18-1-5-21(37)6-2-18/h11-12,14,18-21,31,37H,1-10,15-16H2,(H2,30,32,33). The lowest BCUT2D eigenvalue weighted by atomic mass is 9.85. The van der Waals surface area contributed by atoms with Gasteiger partial charge in [0.15, 0.2) is 0 Å². The Bertz CT molecular complexity index is 1200. The van der Waals surface area contributed by atoms with Crippen molar-refractivity contribution < 1.29 is 9.90 Å². The highest BCUT2D eigenvalue weighted by Crippen LogP contribution is 2.37. The van der Waals surface area contributed by atoms with Crippen LogP contribution in [0.4, 0.5) is 23.1 Å². The lowest BCUT2D eigenvalue weighted by Crippen LogP contribution is -2.65. The fraction of sp³-hybridized carbons (Fsp3) is 0.593. The van der Waals surface area contributed by atoms with Crippen molar-refractivity contribution in [2.75, 3.05) is 54.8 Å². The van der Waals surface area contributed by atoms with E-state index in [-0.39, 0.29) is 17.9 Å². The van der Waals surface area contributed by atoms with Gasteiger partial charge in [-0.3, -0.25) is 9.69 Å². The molecule has 1 amide bonds. The van der Waals surface area contributed by atoms with E-state index >= 15 is 0 Å². The van der Waals surface area contributed by atoms with Gasteiger partial charge in [0.1, 0.15) is 5.82 Å². The number of nitrogens with one attached hydrogen (secondary N) is 3. The van der Waals surface area contributed by atoms with Gasteiger partial charge in [0.05, 0.1) is 34.1 Å². The van der Waals surface area contributed by atoms with Crippen LogP contribution >= 0.6 is 11.6 Å². The molecule has 0 unspecified atom stereocenters. The average molecular weight is 539 g/mol. The number of amides is 1. The van der Waals surface area contributed by atoms with Gasteiger partial charge >= 0.3 is 0 Å². The third kappa shape index (κ3) is 5.41. The first-order valence-corrected chi connectivity index (χ1v) is 14.1. The summed E-state index contributed by atoms with van der Waals surface area (Å²) in [6, 6.07) is 6.78. The quantitative estimate of drug-likeness (QED) is 0.424. The summed E-state index contributed by atoms with van der Waals surface area (Å²) < 4.78 is 0. The van der Waals surface area contributed by atoms with Crippen LogP contribution in [0.2, 0.25) is 5.02 Å². The maximum absolute atomic E-state index is 12.8. The molecule has 2 saturated carbocycles. The molecule has 0 radical (unpaired) electrons. The minimum Gasteiger partial charge on any atom is -0.393 e. The predicted molar refractivity (Wildman–Crippen MR) is 147 cm³/mol. The maximum atomic E-state index is 12.8. The summed E-state index contributed by atoms with van der Waals surface area (Å²) in [6.07, 6.45) is 7.02. The van der Waals surface area contributed by atoms with Gasteiger partial charge in [-0.2, -0.15) is 10.2 Å². The summed E-state index contributed by atoms with van der Waals surface area (Å²) in [5.74, 6) is 1.72. The Kier molecular flexibility index (Phi) is 7.08. The highest BCUT2D eigenvalue weighted by atomic mass is 35.5. The van der Waals surface area contributed by atoms with Crippen molar-refractivity contribution in [2.45, 2.75) is 56.7 Å². The molecule has 0 bridgehead atoms. The number of carbonyl (C=O) groups excluding carboxylic acids is 1. The minimum atomic E-state index is -0.235. The number of likely N-dealkylation sites (tertiary alicyclic amines) is 1. The van der Waals surface area contributed by atoms with Gasteiger partial charge < -0.3 is 30.5 Å². The van der Waals surface area contributed by atoms with E-state index in [2.05, 4.69) is 36.5 Å². The van der Waals surface area contributed by atoms with E-state index in [9.17, 15) is 15.2 Å². The Hall–Kier alpha value is -3.00. The number of aromatic amines is 1. The summed E-state index contributed by atoms with van der Waals surface area (Å²) in [5.41, 5.74) is 2.04. The number of hydrogen-bond acceptors (Lipinski definition) is 8. The molecule has 0 spiro atoms. The topological polar surface area (TPSA) is 124 Å². The normalized spacial score (nSPS) is 24.6. The van der Waals surface area contributed by atoms with Crippen LogP contribution in [0.3, 0.4) is 0 Å². The van der Waals surface area contributed by atoms with E-state index in [1.165, 1.54) is 12.8 Å². The molecular weight excluding hydrogens is 504 g/mol. The van der Waals surface area contributed by atoms with Crippen LogP contribution in [0.5, 0.6) is 0 Å². The number of carbonyl (C=O) groups is 1. The molecule has 1 aromatic carbocycles. The number of aliphatic hydroxyl groups excluding tert-OH is 1. The second kappa shape index (κ2) is 10.6. The molecular formula is C27H35ClN8O2. The Morgan fingerprint density at radius 1 is 1.11 bits per heavy atom.